The summed E-state index contributed by atoms with van der Waals surface area (Å²) in [5, 5.41) is 9.33. The number of H-pyrrole nitrogens is 1. The third kappa shape index (κ3) is 3.59. The first-order chi connectivity index (χ1) is 15.1. The van der Waals surface area contributed by atoms with Crippen LogP contribution in [-0.4, -0.2) is 29.3 Å². The summed E-state index contributed by atoms with van der Waals surface area (Å²) in [6, 6.07) is 15.5. The summed E-state index contributed by atoms with van der Waals surface area (Å²) in [5.74, 6) is 1.25. The molecule has 5 rings (SSSR count). The van der Waals surface area contributed by atoms with Crippen molar-refractivity contribution in [2.45, 2.75) is 13.3 Å². The lowest BCUT2D eigenvalue weighted by molar-refractivity contribution is 0.778. The van der Waals surface area contributed by atoms with Crippen molar-refractivity contribution in [3.63, 3.8) is 0 Å². The van der Waals surface area contributed by atoms with E-state index in [-0.39, 0.29) is 5.56 Å². The van der Waals surface area contributed by atoms with Crippen LogP contribution in [0.5, 0.6) is 0 Å². The van der Waals surface area contributed by atoms with E-state index >= 15 is 0 Å². The van der Waals surface area contributed by atoms with Crippen LogP contribution >= 0.6 is 0 Å². The molecule has 0 bridgehead atoms. The average molecular weight is 411 g/mol. The summed E-state index contributed by atoms with van der Waals surface area (Å²) >= 11 is 0. The maximum Gasteiger partial charge on any atom is 0.255 e. The maximum atomic E-state index is 11.9. The van der Waals surface area contributed by atoms with E-state index < -0.39 is 0 Å². The van der Waals surface area contributed by atoms with Gasteiger partial charge in [0.15, 0.2) is 5.82 Å². The predicted molar refractivity (Wildman–Crippen MR) is 121 cm³/mol. The SMILES string of the molecule is CCc1cn(-c2ccc(-c3nc(Nc4ccc5c(=O)[nH]ccc5c4)n(C)n3)cc2)cn1. The van der Waals surface area contributed by atoms with Gasteiger partial charge in [-0.05, 0) is 60.3 Å². The summed E-state index contributed by atoms with van der Waals surface area (Å²) in [4.78, 5) is 23.6. The maximum absolute atomic E-state index is 11.9. The molecule has 0 atom stereocenters. The minimum absolute atomic E-state index is 0.102. The number of pyridine rings is 1. The lowest BCUT2D eigenvalue weighted by atomic mass is 10.1. The van der Waals surface area contributed by atoms with E-state index in [0.717, 1.165) is 34.4 Å². The largest absolute Gasteiger partial charge is 0.329 e. The average Bonchev–Trinajstić information content (AvgIpc) is 3.41. The number of anilines is 2. The molecular weight excluding hydrogens is 390 g/mol. The van der Waals surface area contributed by atoms with Crippen molar-refractivity contribution < 1.29 is 0 Å². The molecule has 5 aromatic rings. The number of imidazole rings is 1. The molecule has 0 fully saturated rings. The second-order valence-electron chi connectivity index (χ2n) is 7.29. The zero-order valence-corrected chi connectivity index (χ0v) is 17.2. The standard InChI is InChI=1S/C23H21N7O/c1-3-17-13-30(14-25-17)19-7-4-15(5-8-19)21-27-23(29(2)28-21)26-18-6-9-20-16(12-18)10-11-24-22(20)31/h4-14H,3H2,1-2H3,(H,24,31)(H,26,27,28). The van der Waals surface area contributed by atoms with Crippen molar-refractivity contribution in [1.29, 1.82) is 0 Å². The van der Waals surface area contributed by atoms with Gasteiger partial charge in [-0.3, -0.25) is 4.79 Å². The number of benzene rings is 2. The van der Waals surface area contributed by atoms with Gasteiger partial charge in [0.1, 0.15) is 0 Å². The molecular formula is C23H21N7O. The van der Waals surface area contributed by atoms with Crippen LogP contribution in [-0.2, 0) is 13.5 Å². The fourth-order valence-corrected chi connectivity index (χ4v) is 3.48. The number of hydrogen-bond acceptors (Lipinski definition) is 5. The molecule has 0 aliphatic rings. The molecule has 0 spiro atoms. The normalized spacial score (nSPS) is 11.2. The molecule has 31 heavy (non-hydrogen) atoms. The second-order valence-corrected chi connectivity index (χ2v) is 7.29. The van der Waals surface area contributed by atoms with Gasteiger partial charge in [0.2, 0.25) is 5.95 Å². The molecule has 2 aromatic carbocycles. The van der Waals surface area contributed by atoms with Gasteiger partial charge in [-0.25, -0.2) is 9.67 Å². The Bertz CT molecular complexity index is 1430. The Labute approximate surface area is 178 Å². The number of nitrogens with one attached hydrogen (secondary N) is 2. The Kier molecular flexibility index (Phi) is 4.59. The van der Waals surface area contributed by atoms with Gasteiger partial charge >= 0.3 is 0 Å². The molecule has 154 valence electrons. The molecule has 0 aliphatic heterocycles. The topological polar surface area (TPSA) is 93.4 Å². The Morgan fingerprint density at radius 2 is 1.94 bits per heavy atom. The lowest BCUT2D eigenvalue weighted by Gasteiger charge is -2.05. The van der Waals surface area contributed by atoms with E-state index in [4.69, 9.17) is 0 Å². The van der Waals surface area contributed by atoms with Crippen LogP contribution in [0.1, 0.15) is 12.6 Å². The smallest absolute Gasteiger partial charge is 0.255 e. The minimum atomic E-state index is -0.102. The third-order valence-corrected chi connectivity index (χ3v) is 5.21. The highest BCUT2D eigenvalue weighted by Gasteiger charge is 2.11. The summed E-state index contributed by atoms with van der Waals surface area (Å²) < 4.78 is 3.71. The van der Waals surface area contributed by atoms with E-state index in [9.17, 15) is 4.79 Å². The first-order valence-electron chi connectivity index (χ1n) is 10.0. The van der Waals surface area contributed by atoms with Crippen molar-refractivity contribution in [3.05, 3.63) is 83.3 Å². The van der Waals surface area contributed by atoms with E-state index in [1.165, 1.54) is 0 Å². The van der Waals surface area contributed by atoms with Crippen LogP contribution in [0.25, 0.3) is 27.8 Å². The van der Waals surface area contributed by atoms with Crippen LogP contribution in [0.2, 0.25) is 0 Å². The van der Waals surface area contributed by atoms with Crippen molar-refractivity contribution in [1.82, 2.24) is 29.3 Å². The number of rotatable bonds is 5. The van der Waals surface area contributed by atoms with E-state index in [2.05, 4.69) is 32.3 Å². The van der Waals surface area contributed by atoms with E-state index in [0.29, 0.717) is 17.2 Å². The molecule has 3 heterocycles. The first-order valence-corrected chi connectivity index (χ1v) is 10.0. The van der Waals surface area contributed by atoms with Crippen LogP contribution in [0.3, 0.4) is 0 Å². The summed E-state index contributed by atoms with van der Waals surface area (Å²) in [6.07, 6.45) is 6.41. The summed E-state index contributed by atoms with van der Waals surface area (Å²) in [7, 11) is 1.84. The van der Waals surface area contributed by atoms with Gasteiger partial charge in [0, 0.05) is 41.8 Å². The number of aryl methyl sites for hydroxylation is 2. The van der Waals surface area contributed by atoms with Crippen molar-refractivity contribution >= 4 is 22.4 Å². The molecule has 8 nitrogen and oxygen atoms in total. The molecule has 0 amide bonds. The molecule has 0 aliphatic carbocycles. The second kappa shape index (κ2) is 7.56. The first kappa shape index (κ1) is 18.8. The quantitative estimate of drug-likeness (QED) is 0.459. The zero-order valence-electron chi connectivity index (χ0n) is 17.2. The van der Waals surface area contributed by atoms with Crippen LogP contribution in [0.4, 0.5) is 11.6 Å². The number of hydrogen-bond donors (Lipinski definition) is 2. The van der Waals surface area contributed by atoms with Crippen molar-refractivity contribution in [2.75, 3.05) is 5.32 Å². The Hall–Kier alpha value is -4.20. The molecule has 0 saturated carbocycles. The monoisotopic (exact) mass is 411 g/mol. The van der Waals surface area contributed by atoms with Crippen molar-refractivity contribution in [3.8, 4) is 17.1 Å². The van der Waals surface area contributed by atoms with E-state index in [1.807, 2.05) is 66.6 Å². The van der Waals surface area contributed by atoms with Gasteiger partial charge in [-0.15, -0.1) is 5.10 Å². The number of aromatic nitrogens is 6. The van der Waals surface area contributed by atoms with Gasteiger partial charge in [-0.2, -0.15) is 4.98 Å². The zero-order chi connectivity index (χ0) is 21.4. The number of fused-ring (bicyclic) bond motifs is 1. The van der Waals surface area contributed by atoms with Gasteiger partial charge in [0.25, 0.3) is 5.56 Å². The predicted octanol–water partition coefficient (Wildman–Crippen LogP) is 3.82. The Morgan fingerprint density at radius 1 is 1.10 bits per heavy atom. The van der Waals surface area contributed by atoms with Gasteiger partial charge in [0.05, 0.1) is 12.0 Å². The summed E-state index contributed by atoms with van der Waals surface area (Å²) in [6.45, 7) is 2.09. The van der Waals surface area contributed by atoms with Crippen LogP contribution in [0.15, 0.2) is 72.0 Å². The van der Waals surface area contributed by atoms with Crippen LogP contribution < -0.4 is 10.9 Å². The third-order valence-electron chi connectivity index (χ3n) is 5.21. The van der Waals surface area contributed by atoms with Crippen LogP contribution in [0, 0.1) is 0 Å². The van der Waals surface area contributed by atoms with E-state index in [1.54, 1.807) is 16.9 Å². The fraction of sp³-hybridized carbons (Fsp3) is 0.130. The lowest BCUT2D eigenvalue weighted by Crippen LogP contribution is -2.05. The van der Waals surface area contributed by atoms with Crippen molar-refractivity contribution in [2.24, 2.45) is 7.05 Å². The Balaban J connectivity index is 1.40. The molecule has 0 saturated heterocycles. The Morgan fingerprint density at radius 3 is 2.71 bits per heavy atom. The summed E-state index contributed by atoms with van der Waals surface area (Å²) in [5.41, 5.74) is 3.76. The fourth-order valence-electron chi connectivity index (χ4n) is 3.48. The number of aromatic amines is 1. The molecule has 0 radical (unpaired) electrons. The van der Waals surface area contributed by atoms with Gasteiger partial charge in [-0.1, -0.05) is 6.92 Å². The highest BCUT2D eigenvalue weighted by atomic mass is 16.1. The van der Waals surface area contributed by atoms with Gasteiger partial charge < -0.3 is 14.9 Å². The molecule has 0 unspecified atom stereocenters. The number of nitrogens with zero attached hydrogens (tertiary/aromatic N) is 5. The molecule has 2 N–H and O–H groups in total. The molecule has 3 aromatic heterocycles. The molecule has 8 heteroatoms. The minimum Gasteiger partial charge on any atom is -0.329 e. The highest BCUT2D eigenvalue weighted by molar-refractivity contribution is 5.85. The highest BCUT2D eigenvalue weighted by Crippen LogP contribution is 2.23.